The van der Waals surface area contributed by atoms with E-state index in [1.54, 1.807) is 36.4 Å². The molecule has 3 aromatic rings. The first-order valence-electron chi connectivity index (χ1n) is 5.88. The van der Waals surface area contributed by atoms with Gasteiger partial charge in [-0.1, -0.05) is 27.5 Å². The second-order valence-corrected chi connectivity index (χ2v) is 6.58. The predicted octanol–water partition coefficient (Wildman–Crippen LogP) is 5.34. The summed E-state index contributed by atoms with van der Waals surface area (Å²) >= 11 is 12.5. The summed E-state index contributed by atoms with van der Waals surface area (Å²) in [5.41, 5.74) is 0.469. The Kier molecular flexibility index (Phi) is 3.82. The lowest BCUT2D eigenvalue weighted by atomic mass is 10.1. The summed E-state index contributed by atoms with van der Waals surface area (Å²) < 4.78 is 7.02. The summed E-state index contributed by atoms with van der Waals surface area (Å²) in [6.45, 7) is 0. The van der Waals surface area contributed by atoms with Crippen molar-refractivity contribution in [2.75, 3.05) is 0 Å². The van der Waals surface area contributed by atoms with Gasteiger partial charge in [0.1, 0.15) is 5.58 Å². The van der Waals surface area contributed by atoms with E-state index in [-0.39, 0.29) is 5.76 Å². The van der Waals surface area contributed by atoms with Gasteiger partial charge in [-0.3, -0.25) is 4.79 Å². The fourth-order valence-electron chi connectivity index (χ4n) is 2.03. The highest BCUT2D eigenvalue weighted by Gasteiger charge is 2.17. The van der Waals surface area contributed by atoms with Gasteiger partial charge in [0.25, 0.3) is 0 Å². The second-order valence-electron chi connectivity index (χ2n) is 4.38. The highest BCUT2D eigenvalue weighted by Crippen LogP contribution is 2.34. The van der Waals surface area contributed by atoms with Crippen LogP contribution in [0.4, 0.5) is 0 Å². The average molecular weight is 430 g/mol. The Morgan fingerprint density at radius 1 is 1.10 bits per heavy atom. The highest BCUT2D eigenvalue weighted by atomic mass is 79.9. The summed E-state index contributed by atoms with van der Waals surface area (Å²) in [5.74, 6) is -0.304. The molecule has 0 atom stereocenters. The van der Waals surface area contributed by atoms with Gasteiger partial charge in [0, 0.05) is 19.5 Å². The number of rotatable bonds is 1. The lowest BCUT2D eigenvalue weighted by Crippen LogP contribution is -2.03. The Labute approximate surface area is 141 Å². The maximum absolute atomic E-state index is 12.3. The SMILES string of the molecule is O=c1c(O)c(-c2ccc(Cl)cc2)oc2cc(Br)cc(Br)c12. The number of aromatic hydroxyl groups is 1. The summed E-state index contributed by atoms with van der Waals surface area (Å²) in [6, 6.07) is 10.1. The van der Waals surface area contributed by atoms with Crippen LogP contribution < -0.4 is 5.43 Å². The van der Waals surface area contributed by atoms with Crippen molar-refractivity contribution < 1.29 is 9.52 Å². The third-order valence-corrected chi connectivity index (χ3v) is 4.33. The first-order valence-corrected chi connectivity index (χ1v) is 7.84. The third-order valence-electron chi connectivity index (χ3n) is 2.99. The van der Waals surface area contributed by atoms with Crippen LogP contribution in [0.1, 0.15) is 0 Å². The highest BCUT2D eigenvalue weighted by molar-refractivity contribution is 9.11. The molecule has 2 aromatic carbocycles. The van der Waals surface area contributed by atoms with Crippen LogP contribution in [0.2, 0.25) is 5.02 Å². The Balaban J connectivity index is 2.37. The van der Waals surface area contributed by atoms with E-state index in [2.05, 4.69) is 31.9 Å². The van der Waals surface area contributed by atoms with Crippen LogP contribution in [0, 0.1) is 0 Å². The van der Waals surface area contributed by atoms with Crippen molar-refractivity contribution in [3.8, 4) is 17.1 Å². The van der Waals surface area contributed by atoms with Crippen LogP contribution >= 0.6 is 43.5 Å². The molecule has 1 N–H and O–H groups in total. The van der Waals surface area contributed by atoms with E-state index in [1.165, 1.54) is 0 Å². The summed E-state index contributed by atoms with van der Waals surface area (Å²) in [4.78, 5) is 12.3. The number of fused-ring (bicyclic) bond motifs is 1. The van der Waals surface area contributed by atoms with Crippen LogP contribution in [0.25, 0.3) is 22.3 Å². The maximum Gasteiger partial charge on any atom is 0.236 e. The molecule has 0 bridgehead atoms. The molecule has 0 aliphatic heterocycles. The Bertz CT molecular complexity index is 901. The fourth-order valence-corrected chi connectivity index (χ4v) is 3.52. The van der Waals surface area contributed by atoms with Crippen LogP contribution in [0.5, 0.6) is 5.75 Å². The average Bonchev–Trinajstić information content (AvgIpc) is 2.43. The molecule has 1 heterocycles. The minimum absolute atomic E-state index is 0.120. The molecule has 0 amide bonds. The predicted molar refractivity (Wildman–Crippen MR) is 90.0 cm³/mol. The Morgan fingerprint density at radius 2 is 1.76 bits per heavy atom. The molecule has 0 spiro atoms. The first kappa shape index (κ1) is 14.6. The fraction of sp³-hybridized carbons (Fsp3) is 0. The molecule has 0 fully saturated rings. The normalized spacial score (nSPS) is 11.0. The van der Waals surface area contributed by atoms with Crippen LogP contribution in [0.3, 0.4) is 0 Å². The van der Waals surface area contributed by atoms with E-state index in [0.29, 0.717) is 26.0 Å². The smallest absolute Gasteiger partial charge is 0.236 e. The van der Waals surface area contributed by atoms with E-state index < -0.39 is 11.2 Å². The van der Waals surface area contributed by atoms with Crippen molar-refractivity contribution in [3.63, 3.8) is 0 Å². The monoisotopic (exact) mass is 428 g/mol. The minimum Gasteiger partial charge on any atom is -0.502 e. The molecule has 106 valence electrons. The van der Waals surface area contributed by atoms with E-state index in [0.717, 1.165) is 4.47 Å². The minimum atomic E-state index is -0.486. The molecule has 1 aromatic heterocycles. The summed E-state index contributed by atoms with van der Waals surface area (Å²) in [5, 5.41) is 11.0. The molecular weight excluding hydrogens is 423 g/mol. The molecule has 3 nitrogen and oxygen atoms in total. The number of halogens is 3. The summed E-state index contributed by atoms with van der Waals surface area (Å²) in [6.07, 6.45) is 0. The van der Waals surface area contributed by atoms with Gasteiger partial charge < -0.3 is 9.52 Å². The molecule has 3 rings (SSSR count). The molecule has 21 heavy (non-hydrogen) atoms. The molecule has 0 aliphatic rings. The quantitative estimate of drug-likeness (QED) is 0.567. The van der Waals surface area contributed by atoms with Gasteiger partial charge in [0.15, 0.2) is 5.76 Å². The van der Waals surface area contributed by atoms with E-state index in [4.69, 9.17) is 16.0 Å². The van der Waals surface area contributed by atoms with Crippen molar-refractivity contribution in [2.45, 2.75) is 0 Å². The zero-order chi connectivity index (χ0) is 15.1. The zero-order valence-electron chi connectivity index (χ0n) is 10.4. The molecule has 0 saturated heterocycles. The van der Waals surface area contributed by atoms with Crippen molar-refractivity contribution in [1.29, 1.82) is 0 Å². The van der Waals surface area contributed by atoms with E-state index >= 15 is 0 Å². The molecular formula is C15H7Br2ClO3. The molecule has 0 aliphatic carbocycles. The Morgan fingerprint density at radius 3 is 2.43 bits per heavy atom. The van der Waals surface area contributed by atoms with Crippen molar-refractivity contribution in [1.82, 2.24) is 0 Å². The van der Waals surface area contributed by atoms with Crippen LogP contribution in [0.15, 0.2) is 54.6 Å². The van der Waals surface area contributed by atoms with E-state index in [9.17, 15) is 9.90 Å². The van der Waals surface area contributed by atoms with Gasteiger partial charge >= 0.3 is 0 Å². The van der Waals surface area contributed by atoms with Gasteiger partial charge in [-0.15, -0.1) is 0 Å². The lowest BCUT2D eigenvalue weighted by Gasteiger charge is -2.07. The second kappa shape index (κ2) is 5.48. The molecule has 0 unspecified atom stereocenters. The van der Waals surface area contributed by atoms with Crippen molar-refractivity contribution in [3.05, 3.63) is 60.6 Å². The lowest BCUT2D eigenvalue weighted by molar-refractivity contribution is 0.449. The number of benzene rings is 2. The van der Waals surface area contributed by atoms with Gasteiger partial charge in [-0.05, 0) is 52.3 Å². The summed E-state index contributed by atoms with van der Waals surface area (Å²) in [7, 11) is 0. The van der Waals surface area contributed by atoms with Gasteiger partial charge in [-0.25, -0.2) is 0 Å². The van der Waals surface area contributed by atoms with Crippen LogP contribution in [-0.4, -0.2) is 5.11 Å². The van der Waals surface area contributed by atoms with Crippen molar-refractivity contribution in [2.24, 2.45) is 0 Å². The third kappa shape index (κ3) is 2.61. The van der Waals surface area contributed by atoms with Crippen molar-refractivity contribution >= 4 is 54.4 Å². The van der Waals surface area contributed by atoms with Gasteiger partial charge in [-0.2, -0.15) is 0 Å². The topological polar surface area (TPSA) is 50.4 Å². The number of hydrogen-bond acceptors (Lipinski definition) is 3. The largest absolute Gasteiger partial charge is 0.502 e. The van der Waals surface area contributed by atoms with E-state index in [1.807, 2.05) is 0 Å². The zero-order valence-corrected chi connectivity index (χ0v) is 14.3. The number of hydrogen-bond donors (Lipinski definition) is 1. The van der Waals surface area contributed by atoms with Crippen LogP contribution in [-0.2, 0) is 0 Å². The van der Waals surface area contributed by atoms with Gasteiger partial charge in [0.05, 0.1) is 5.39 Å². The standard InChI is InChI=1S/C15H7Br2ClO3/c16-8-5-10(17)12-11(6-8)21-15(14(20)13(12)19)7-1-3-9(18)4-2-7/h1-6,20H. The Hall–Kier alpha value is -1.30. The maximum atomic E-state index is 12.3. The van der Waals surface area contributed by atoms with Gasteiger partial charge in [0.2, 0.25) is 11.2 Å². The molecule has 0 radical (unpaired) electrons. The molecule has 6 heteroatoms. The molecule has 0 saturated carbocycles. The first-order chi connectivity index (χ1) is 9.97.